The topological polar surface area (TPSA) is 109 Å². The molecule has 1 fully saturated rings. The van der Waals surface area contributed by atoms with Gasteiger partial charge in [0.2, 0.25) is 0 Å². The van der Waals surface area contributed by atoms with Gasteiger partial charge in [-0.15, -0.1) is 0 Å². The van der Waals surface area contributed by atoms with Gasteiger partial charge in [-0.3, -0.25) is 14.2 Å². The summed E-state index contributed by atoms with van der Waals surface area (Å²) in [7, 11) is 1.56. The van der Waals surface area contributed by atoms with Crippen molar-refractivity contribution in [1.82, 2.24) is 9.47 Å². The Morgan fingerprint density at radius 3 is 2.49 bits per heavy atom. The molecule has 10 nitrogen and oxygen atoms in total. The van der Waals surface area contributed by atoms with Gasteiger partial charge in [-0.25, -0.2) is 9.79 Å². The molecule has 1 saturated heterocycles. The van der Waals surface area contributed by atoms with E-state index in [4.69, 9.17) is 23.9 Å². The number of para-hydroxylation sites is 1. The predicted molar refractivity (Wildman–Crippen MR) is 172 cm³/mol. The first-order valence-electron chi connectivity index (χ1n) is 15.4. The number of hydrogen-bond acceptors (Lipinski definition) is 9. The average Bonchev–Trinajstić information content (AvgIpc) is 3.69. The summed E-state index contributed by atoms with van der Waals surface area (Å²) in [5.41, 5.74) is 2.03. The zero-order chi connectivity index (χ0) is 31.9. The van der Waals surface area contributed by atoms with E-state index in [0.717, 1.165) is 32.4 Å². The Bertz CT molecular complexity index is 1770. The van der Waals surface area contributed by atoms with Crippen molar-refractivity contribution in [2.75, 3.05) is 40.0 Å². The van der Waals surface area contributed by atoms with Crippen molar-refractivity contribution in [2.24, 2.45) is 4.99 Å². The summed E-state index contributed by atoms with van der Waals surface area (Å²) >= 11 is 1.26. The van der Waals surface area contributed by atoms with Crippen LogP contribution in [0, 0.1) is 0 Å². The van der Waals surface area contributed by atoms with E-state index in [1.165, 1.54) is 11.3 Å². The first kappa shape index (κ1) is 32.0. The number of thiazole rings is 1. The van der Waals surface area contributed by atoms with E-state index in [0.29, 0.717) is 62.0 Å². The Balaban J connectivity index is 1.58. The number of allylic oxidation sites excluding steroid dienone is 1. The number of aromatic nitrogens is 1. The minimum absolute atomic E-state index is 0.0469. The van der Waals surface area contributed by atoms with Gasteiger partial charge in [0.1, 0.15) is 11.8 Å². The van der Waals surface area contributed by atoms with Crippen molar-refractivity contribution in [3.8, 4) is 17.2 Å². The number of esters is 1. The number of hydrogen-bond donors (Lipinski definition) is 0. The summed E-state index contributed by atoms with van der Waals surface area (Å²) in [5.74, 6) is 0.943. The molecular weight excluding hydrogens is 594 g/mol. The Hall–Kier alpha value is -4.38. The maximum Gasteiger partial charge on any atom is 0.338 e. The highest BCUT2D eigenvalue weighted by Crippen LogP contribution is 2.37. The zero-order valence-electron chi connectivity index (χ0n) is 26.2. The van der Waals surface area contributed by atoms with Crippen LogP contribution in [0.1, 0.15) is 63.6 Å². The van der Waals surface area contributed by atoms with E-state index in [9.17, 15) is 14.4 Å². The van der Waals surface area contributed by atoms with E-state index in [2.05, 4.69) is 0 Å². The number of carbonyl (C=O) groups is 2. The number of rotatable bonds is 12. The first-order valence-corrected chi connectivity index (χ1v) is 16.2. The Kier molecular flexibility index (Phi) is 10.4. The molecule has 11 heteroatoms. The van der Waals surface area contributed by atoms with E-state index in [-0.39, 0.29) is 24.7 Å². The lowest BCUT2D eigenvalue weighted by Crippen LogP contribution is -2.40. The Labute approximate surface area is 266 Å². The molecule has 1 amide bonds. The number of amides is 1. The summed E-state index contributed by atoms with van der Waals surface area (Å²) in [6.07, 6.45) is 5.11. The van der Waals surface area contributed by atoms with Crippen LogP contribution < -0.4 is 29.1 Å². The van der Waals surface area contributed by atoms with Gasteiger partial charge in [-0.1, -0.05) is 48.9 Å². The van der Waals surface area contributed by atoms with E-state index in [1.807, 2.05) is 49.1 Å². The molecule has 3 heterocycles. The normalized spacial score (nSPS) is 16.3. The predicted octanol–water partition coefficient (Wildman–Crippen LogP) is 3.99. The van der Waals surface area contributed by atoms with Crippen LogP contribution in [0.3, 0.4) is 0 Å². The van der Waals surface area contributed by atoms with E-state index >= 15 is 0 Å². The maximum absolute atomic E-state index is 14.1. The molecule has 5 rings (SSSR count). The summed E-state index contributed by atoms with van der Waals surface area (Å²) in [5, 5.41) is 0. The number of likely N-dealkylation sites (tertiary alicyclic amines) is 1. The second-order valence-corrected chi connectivity index (χ2v) is 11.7. The monoisotopic (exact) mass is 633 g/mol. The van der Waals surface area contributed by atoms with Crippen LogP contribution in [0.2, 0.25) is 0 Å². The summed E-state index contributed by atoms with van der Waals surface area (Å²) in [6, 6.07) is 12.0. The van der Waals surface area contributed by atoms with Gasteiger partial charge in [0.15, 0.2) is 22.9 Å². The molecule has 0 spiro atoms. The lowest BCUT2D eigenvalue weighted by atomic mass is 9.93. The molecule has 3 aromatic rings. The van der Waals surface area contributed by atoms with Crippen molar-refractivity contribution < 1.29 is 28.5 Å². The quantitative estimate of drug-likeness (QED) is 0.278. The molecule has 2 aliphatic heterocycles. The van der Waals surface area contributed by atoms with Crippen LogP contribution in [0.15, 0.2) is 63.5 Å². The Morgan fingerprint density at radius 2 is 1.78 bits per heavy atom. The molecular formula is C34H39N3O7S. The minimum atomic E-state index is -0.775. The van der Waals surface area contributed by atoms with Crippen molar-refractivity contribution in [3.05, 3.63) is 84.5 Å². The number of carbonyl (C=O) groups excluding carboxylic acids is 2. The maximum atomic E-state index is 14.1. The number of benzene rings is 2. The molecule has 2 aromatic carbocycles. The third kappa shape index (κ3) is 6.83. The molecule has 0 bridgehead atoms. The van der Waals surface area contributed by atoms with Crippen LogP contribution >= 0.6 is 11.3 Å². The highest BCUT2D eigenvalue weighted by molar-refractivity contribution is 7.07. The molecule has 0 radical (unpaired) electrons. The van der Waals surface area contributed by atoms with Gasteiger partial charge in [0.05, 0.1) is 36.1 Å². The van der Waals surface area contributed by atoms with E-state index in [1.54, 1.807) is 36.8 Å². The van der Waals surface area contributed by atoms with Crippen molar-refractivity contribution >= 4 is 29.3 Å². The third-order valence-corrected chi connectivity index (χ3v) is 8.68. The molecule has 238 valence electrons. The summed E-state index contributed by atoms with van der Waals surface area (Å²) in [6.45, 7) is 7.69. The van der Waals surface area contributed by atoms with Gasteiger partial charge in [-0.05, 0) is 62.9 Å². The second-order valence-electron chi connectivity index (χ2n) is 10.7. The molecule has 1 atom stereocenters. The van der Waals surface area contributed by atoms with Crippen LogP contribution in [-0.2, 0) is 14.3 Å². The SMILES string of the molecule is CCCC1=C(C(=O)OCC)[C@H](c2ccccc2OC)n2c(s/c(=C/c3ccc(OCC(=O)N4CCCC4)c(OCC)c3)c2=O)=N1. The van der Waals surface area contributed by atoms with Gasteiger partial charge < -0.3 is 23.8 Å². The van der Waals surface area contributed by atoms with Crippen molar-refractivity contribution in [2.45, 2.75) is 52.5 Å². The van der Waals surface area contributed by atoms with Gasteiger partial charge in [-0.2, -0.15) is 0 Å². The van der Waals surface area contributed by atoms with Crippen LogP contribution in [0.5, 0.6) is 17.2 Å². The number of ether oxygens (including phenoxy) is 4. The molecule has 0 N–H and O–H groups in total. The average molecular weight is 634 g/mol. The zero-order valence-corrected chi connectivity index (χ0v) is 27.0. The molecule has 2 aliphatic rings. The lowest BCUT2D eigenvalue weighted by molar-refractivity contribution is -0.139. The molecule has 0 aliphatic carbocycles. The Morgan fingerprint density at radius 1 is 1.00 bits per heavy atom. The molecule has 0 saturated carbocycles. The van der Waals surface area contributed by atoms with Gasteiger partial charge in [0.25, 0.3) is 11.5 Å². The van der Waals surface area contributed by atoms with Crippen LogP contribution in [-0.4, -0.2) is 61.4 Å². The van der Waals surface area contributed by atoms with Gasteiger partial charge >= 0.3 is 5.97 Å². The summed E-state index contributed by atoms with van der Waals surface area (Å²) < 4.78 is 24.9. The largest absolute Gasteiger partial charge is 0.496 e. The highest BCUT2D eigenvalue weighted by Gasteiger charge is 2.35. The fourth-order valence-corrected chi connectivity index (χ4v) is 6.68. The lowest BCUT2D eigenvalue weighted by Gasteiger charge is -2.26. The van der Waals surface area contributed by atoms with E-state index < -0.39 is 12.0 Å². The number of nitrogens with zero attached hydrogens (tertiary/aromatic N) is 3. The molecule has 45 heavy (non-hydrogen) atoms. The number of methoxy groups -OCH3 is 1. The fourth-order valence-electron chi connectivity index (χ4n) is 5.66. The molecule has 0 unspecified atom stereocenters. The van der Waals surface area contributed by atoms with Gasteiger partial charge in [0, 0.05) is 18.7 Å². The van der Waals surface area contributed by atoms with Crippen LogP contribution in [0.25, 0.3) is 6.08 Å². The summed E-state index contributed by atoms with van der Waals surface area (Å²) in [4.78, 5) is 47.2. The standard InChI is InChI=1S/C34H39N3O7S/c1-5-12-24-30(33(40)43-7-3)31(23-13-8-9-14-25(23)41-4)37-32(39)28(45-34(37)35-24)20-22-15-16-26(27(19-22)42-6-2)44-21-29(38)36-17-10-11-18-36/h8-9,13-16,19-20,31H,5-7,10-12,17-18,21H2,1-4H3/b28-20+/t31-/m0/s1. The highest BCUT2D eigenvalue weighted by atomic mass is 32.1. The fraction of sp³-hybridized carbons (Fsp3) is 0.412. The van der Waals surface area contributed by atoms with Crippen molar-refractivity contribution in [3.63, 3.8) is 0 Å². The number of fused-ring (bicyclic) bond motifs is 1. The van der Waals surface area contributed by atoms with Crippen LogP contribution in [0.4, 0.5) is 0 Å². The first-order chi connectivity index (χ1) is 21.9. The second kappa shape index (κ2) is 14.6. The third-order valence-electron chi connectivity index (χ3n) is 7.70. The van der Waals surface area contributed by atoms with Crippen molar-refractivity contribution in [1.29, 1.82) is 0 Å². The smallest absolute Gasteiger partial charge is 0.338 e. The minimum Gasteiger partial charge on any atom is -0.496 e. The molecule has 1 aromatic heterocycles.